The molecule has 4 heterocycles. The van der Waals surface area contributed by atoms with Crippen molar-refractivity contribution < 1.29 is 19.1 Å². The van der Waals surface area contributed by atoms with Gasteiger partial charge in [-0.25, -0.2) is 4.79 Å². The van der Waals surface area contributed by atoms with Gasteiger partial charge >= 0.3 is 6.09 Å². The lowest BCUT2D eigenvalue weighted by Gasteiger charge is -2.43. The number of nitrogens with zero attached hydrogens (tertiary/aromatic N) is 4. The van der Waals surface area contributed by atoms with Crippen molar-refractivity contribution >= 4 is 40.7 Å². The van der Waals surface area contributed by atoms with Gasteiger partial charge in [-0.2, -0.15) is 0 Å². The predicted molar refractivity (Wildman–Crippen MR) is 234 cm³/mol. The summed E-state index contributed by atoms with van der Waals surface area (Å²) in [5, 5.41) is 6.32. The number of unbranched alkanes of at least 4 members (excludes halogenated alkanes) is 1. The van der Waals surface area contributed by atoms with E-state index in [0.29, 0.717) is 35.1 Å². The third kappa shape index (κ3) is 10.7. The number of benzene rings is 2. The summed E-state index contributed by atoms with van der Waals surface area (Å²) in [6.45, 7) is 12.4. The molecule has 3 atom stereocenters. The molecule has 1 aliphatic carbocycles. The van der Waals surface area contributed by atoms with E-state index in [9.17, 15) is 14.4 Å². The Kier molecular flexibility index (Phi) is 14.7. The van der Waals surface area contributed by atoms with E-state index in [1.54, 1.807) is 27.2 Å². The number of likely N-dealkylation sites (tertiary alicyclic amines) is 2. The van der Waals surface area contributed by atoms with Crippen molar-refractivity contribution in [3.63, 3.8) is 0 Å². The number of Topliss-reactive ketones (excluding diaryl/α,β-unsaturated/α-hetero) is 1. The molecule has 0 bridgehead atoms. The molecule has 314 valence electrons. The van der Waals surface area contributed by atoms with Gasteiger partial charge in [0.15, 0.2) is 11.5 Å². The van der Waals surface area contributed by atoms with Crippen LogP contribution in [0.25, 0.3) is 0 Å². The summed E-state index contributed by atoms with van der Waals surface area (Å²) in [5.41, 5.74) is 3.60. The Morgan fingerprint density at radius 1 is 0.948 bits per heavy atom. The van der Waals surface area contributed by atoms with Gasteiger partial charge in [-0.3, -0.25) is 14.5 Å². The molecule has 4 aliphatic rings. The van der Waals surface area contributed by atoms with Crippen molar-refractivity contribution in [2.24, 2.45) is 5.41 Å². The molecule has 11 heteroatoms. The van der Waals surface area contributed by atoms with Gasteiger partial charge in [-0.05, 0) is 144 Å². The monoisotopic (exact) mass is 829 g/mol. The zero-order valence-corrected chi connectivity index (χ0v) is 36.5. The van der Waals surface area contributed by atoms with Crippen LogP contribution in [-0.4, -0.2) is 107 Å². The number of halogens is 1. The summed E-state index contributed by atoms with van der Waals surface area (Å²) >= 11 is 8.22. The number of piperazine rings is 1. The maximum atomic E-state index is 14.9. The average Bonchev–Trinajstić information content (AvgIpc) is 4.01. The number of thiophene rings is 1. The molecule has 1 unspecified atom stereocenters. The number of ether oxygens (including phenoxy) is 1. The third-order valence-electron chi connectivity index (χ3n) is 13.7. The molecule has 3 saturated heterocycles. The number of amides is 2. The second-order valence-electron chi connectivity index (χ2n) is 17.7. The molecule has 9 nitrogen and oxygen atoms in total. The maximum absolute atomic E-state index is 14.9. The minimum Gasteiger partial charge on any atom is -0.409 e. The molecule has 1 N–H and O–H groups in total. The molecule has 1 saturated carbocycles. The largest absolute Gasteiger partial charge is 0.415 e. The zero-order chi connectivity index (χ0) is 40.6. The number of rotatable bonds is 15. The number of ketones is 1. The lowest BCUT2D eigenvalue weighted by Crippen LogP contribution is -2.63. The Bertz CT molecular complexity index is 1830. The van der Waals surface area contributed by atoms with Crippen molar-refractivity contribution in [1.82, 2.24) is 24.9 Å². The van der Waals surface area contributed by atoms with Gasteiger partial charge in [0.25, 0.3) is 0 Å². The van der Waals surface area contributed by atoms with Crippen molar-refractivity contribution in [3.05, 3.63) is 86.6 Å². The van der Waals surface area contributed by atoms with Crippen LogP contribution >= 0.6 is 22.9 Å². The van der Waals surface area contributed by atoms with Crippen LogP contribution in [0.1, 0.15) is 99.1 Å². The Hall–Kier alpha value is -3.28. The van der Waals surface area contributed by atoms with E-state index in [4.69, 9.17) is 16.3 Å². The van der Waals surface area contributed by atoms with Crippen LogP contribution in [0.3, 0.4) is 0 Å². The molecule has 4 fully saturated rings. The quantitative estimate of drug-likeness (QED) is 0.154. The van der Waals surface area contributed by atoms with Gasteiger partial charge in [0, 0.05) is 49.6 Å². The van der Waals surface area contributed by atoms with E-state index in [2.05, 4.69) is 52.4 Å². The smallest absolute Gasteiger partial charge is 0.409 e. The number of hydrogen-bond donors (Lipinski definition) is 1. The van der Waals surface area contributed by atoms with Gasteiger partial charge in [0.2, 0.25) is 5.91 Å². The van der Waals surface area contributed by atoms with Gasteiger partial charge in [-0.1, -0.05) is 60.5 Å². The van der Waals surface area contributed by atoms with Gasteiger partial charge in [0.1, 0.15) is 6.04 Å². The molecular weight excluding hydrogens is 766 g/mol. The van der Waals surface area contributed by atoms with Crippen LogP contribution in [0, 0.1) is 19.3 Å². The SMILES string of the molecule is Cc1ccc(OC(=O)N2CCN(C(=O)[C@@H](CCCCN3CCCC3C)NC3CCC4(CC3)CCN(Cc3ccccc3)C4)[C@H](C(=O)CCc3cccs3)C2)c(Cl)c1C. The highest BCUT2D eigenvalue weighted by Crippen LogP contribution is 2.44. The first kappa shape index (κ1) is 42.8. The normalized spacial score (nSPS) is 24.7. The molecule has 2 amide bonds. The van der Waals surface area contributed by atoms with Crippen LogP contribution in [0.2, 0.25) is 5.02 Å². The first-order chi connectivity index (χ1) is 28.1. The molecular formula is C47H64ClN5O4S. The summed E-state index contributed by atoms with van der Waals surface area (Å²) in [6, 6.07) is 18.2. The lowest BCUT2D eigenvalue weighted by molar-refractivity contribution is -0.144. The minimum absolute atomic E-state index is 0.00979. The third-order valence-corrected chi connectivity index (χ3v) is 15.1. The molecule has 1 aromatic heterocycles. The maximum Gasteiger partial charge on any atom is 0.415 e. The zero-order valence-electron chi connectivity index (χ0n) is 34.9. The molecule has 3 aliphatic heterocycles. The highest BCUT2D eigenvalue weighted by atomic mass is 35.5. The highest BCUT2D eigenvalue weighted by molar-refractivity contribution is 7.09. The Morgan fingerprint density at radius 2 is 1.76 bits per heavy atom. The Balaban J connectivity index is 1.03. The van der Waals surface area contributed by atoms with Gasteiger partial charge in [0.05, 0.1) is 17.6 Å². The Labute approximate surface area is 355 Å². The minimum atomic E-state index is -0.748. The van der Waals surface area contributed by atoms with E-state index in [1.165, 1.54) is 37.7 Å². The summed E-state index contributed by atoms with van der Waals surface area (Å²) in [6.07, 6.45) is 11.3. The second kappa shape index (κ2) is 19.9. The van der Waals surface area contributed by atoms with Crippen LogP contribution in [-0.2, 0) is 22.6 Å². The fourth-order valence-corrected chi connectivity index (χ4v) is 10.9. The fraction of sp³-hybridized carbons (Fsp3) is 0.596. The first-order valence-corrected chi connectivity index (χ1v) is 23.2. The number of carbonyl (C=O) groups is 3. The number of carbonyl (C=O) groups excluding carboxylic acids is 3. The number of nitrogens with one attached hydrogen (secondary N) is 1. The van der Waals surface area contributed by atoms with Crippen molar-refractivity contribution in [3.8, 4) is 5.75 Å². The lowest BCUT2D eigenvalue weighted by atomic mass is 9.72. The molecule has 58 heavy (non-hydrogen) atoms. The van der Waals surface area contributed by atoms with Crippen LogP contribution in [0.5, 0.6) is 5.75 Å². The number of aryl methyl sites for hydroxylation is 2. The van der Waals surface area contributed by atoms with Gasteiger partial charge in [-0.15, -0.1) is 11.3 Å². The van der Waals surface area contributed by atoms with E-state index in [-0.39, 0.29) is 43.4 Å². The molecule has 0 radical (unpaired) electrons. The molecule has 3 aromatic rings. The summed E-state index contributed by atoms with van der Waals surface area (Å²) in [7, 11) is 0. The second-order valence-corrected chi connectivity index (χ2v) is 19.1. The van der Waals surface area contributed by atoms with E-state index in [1.807, 2.05) is 37.4 Å². The van der Waals surface area contributed by atoms with E-state index >= 15 is 0 Å². The predicted octanol–water partition coefficient (Wildman–Crippen LogP) is 8.68. The van der Waals surface area contributed by atoms with Crippen LogP contribution in [0.4, 0.5) is 4.79 Å². The fourth-order valence-electron chi connectivity index (χ4n) is 9.91. The standard InChI is InChI=1S/C47H64ClN5O4S/c1-34-16-19-43(44(48)36(34)3)57-46(56)52-28-29-53(41(32-52)42(54)18-17-39-14-10-30-58-39)45(55)40(15-7-8-25-51-26-9-11-35(51)2)49-38-20-22-47(23-21-38)24-27-50(33-47)31-37-12-5-4-6-13-37/h4-6,10,12-14,16,19,30,35,38,40-41,49H,7-9,11,15,17-18,20-29,31-33H2,1-3H3/t35?,38?,40-,41+,47?/m1/s1. The summed E-state index contributed by atoms with van der Waals surface area (Å²) in [5.74, 6) is 0.271. The van der Waals surface area contributed by atoms with Crippen molar-refractivity contribution in [2.45, 2.75) is 129 Å². The van der Waals surface area contributed by atoms with Crippen LogP contribution in [0.15, 0.2) is 60.0 Å². The first-order valence-electron chi connectivity index (χ1n) is 21.9. The number of hydrogen-bond acceptors (Lipinski definition) is 8. The summed E-state index contributed by atoms with van der Waals surface area (Å²) in [4.78, 5) is 52.5. The Morgan fingerprint density at radius 3 is 2.50 bits per heavy atom. The molecule has 2 aromatic carbocycles. The van der Waals surface area contributed by atoms with Crippen LogP contribution < -0.4 is 10.1 Å². The van der Waals surface area contributed by atoms with Gasteiger partial charge < -0.3 is 24.8 Å². The molecule has 1 spiro atoms. The summed E-state index contributed by atoms with van der Waals surface area (Å²) < 4.78 is 5.82. The highest BCUT2D eigenvalue weighted by Gasteiger charge is 2.43. The van der Waals surface area contributed by atoms with Crippen molar-refractivity contribution in [2.75, 3.05) is 45.8 Å². The molecule has 7 rings (SSSR count). The van der Waals surface area contributed by atoms with Crippen molar-refractivity contribution in [1.29, 1.82) is 0 Å². The average molecular weight is 831 g/mol. The van der Waals surface area contributed by atoms with E-state index in [0.717, 1.165) is 80.8 Å². The topological polar surface area (TPSA) is 85.4 Å². The van der Waals surface area contributed by atoms with E-state index < -0.39 is 12.1 Å².